The number of carbonyl (C=O) groups is 1. The van der Waals surface area contributed by atoms with Crippen LogP contribution in [0.1, 0.15) is 22.6 Å². The van der Waals surface area contributed by atoms with Crippen molar-refractivity contribution < 1.29 is 14.3 Å². The van der Waals surface area contributed by atoms with E-state index in [-0.39, 0.29) is 12.0 Å². The first-order valence-electron chi connectivity index (χ1n) is 9.09. The van der Waals surface area contributed by atoms with Gasteiger partial charge in [0.1, 0.15) is 11.8 Å². The molecule has 0 spiro atoms. The van der Waals surface area contributed by atoms with Crippen LogP contribution in [-0.2, 0) is 4.74 Å². The Kier molecular flexibility index (Phi) is 5.10. The summed E-state index contributed by atoms with van der Waals surface area (Å²) < 4.78 is 11.5. The molecular formula is C18H22N6O3. The van der Waals surface area contributed by atoms with E-state index >= 15 is 0 Å². The Hall–Kier alpha value is -2.81. The van der Waals surface area contributed by atoms with Gasteiger partial charge in [-0.1, -0.05) is 0 Å². The second-order valence-corrected chi connectivity index (χ2v) is 6.61. The maximum atomic E-state index is 12.6. The number of aryl methyl sites for hydroxylation is 1. The Morgan fingerprint density at radius 3 is 2.70 bits per heavy atom. The molecule has 0 N–H and O–H groups in total. The van der Waals surface area contributed by atoms with E-state index in [1.807, 2.05) is 6.92 Å². The van der Waals surface area contributed by atoms with E-state index in [9.17, 15) is 4.79 Å². The summed E-state index contributed by atoms with van der Waals surface area (Å²) in [6.07, 6.45) is 7.03. The van der Waals surface area contributed by atoms with Crippen LogP contribution >= 0.6 is 0 Å². The number of ether oxygens (including phenoxy) is 2. The fourth-order valence-electron chi connectivity index (χ4n) is 3.22. The van der Waals surface area contributed by atoms with Crippen molar-refractivity contribution in [3.05, 3.63) is 36.2 Å². The number of anilines is 1. The summed E-state index contributed by atoms with van der Waals surface area (Å²) in [7, 11) is 0. The van der Waals surface area contributed by atoms with E-state index in [1.54, 1.807) is 23.5 Å². The Bertz CT molecular complexity index is 794. The number of amides is 1. The van der Waals surface area contributed by atoms with E-state index < -0.39 is 0 Å². The van der Waals surface area contributed by atoms with Crippen LogP contribution in [0.2, 0.25) is 0 Å². The zero-order valence-electron chi connectivity index (χ0n) is 15.2. The summed E-state index contributed by atoms with van der Waals surface area (Å²) in [6.45, 7) is 5.80. The highest BCUT2D eigenvalue weighted by Gasteiger charge is 2.30. The number of carbonyl (C=O) groups excluding carboxylic acids is 1. The molecule has 1 unspecified atom stereocenters. The molecule has 4 heterocycles. The average Bonchev–Trinajstić information content (AvgIpc) is 3.18. The number of rotatable bonds is 4. The van der Waals surface area contributed by atoms with Gasteiger partial charge in [-0.2, -0.15) is 0 Å². The third-order valence-electron chi connectivity index (χ3n) is 4.67. The molecule has 2 aliphatic rings. The average molecular weight is 370 g/mol. The molecular weight excluding hydrogens is 348 g/mol. The minimum Gasteiger partial charge on any atom is -0.470 e. The van der Waals surface area contributed by atoms with Gasteiger partial charge >= 0.3 is 0 Å². The van der Waals surface area contributed by atoms with Crippen LogP contribution in [0.3, 0.4) is 0 Å². The van der Waals surface area contributed by atoms with Crippen LogP contribution in [0.15, 0.2) is 24.8 Å². The van der Waals surface area contributed by atoms with Crippen LogP contribution in [0, 0.1) is 6.92 Å². The second kappa shape index (κ2) is 7.83. The van der Waals surface area contributed by atoms with Crippen molar-refractivity contribution in [2.45, 2.75) is 19.4 Å². The predicted molar refractivity (Wildman–Crippen MR) is 96.8 cm³/mol. The number of hydrogen-bond acceptors (Lipinski definition) is 8. The highest BCUT2D eigenvalue weighted by atomic mass is 16.5. The zero-order valence-corrected chi connectivity index (χ0v) is 15.2. The Morgan fingerprint density at radius 1 is 1.11 bits per heavy atom. The van der Waals surface area contributed by atoms with E-state index in [0.29, 0.717) is 37.9 Å². The first-order valence-corrected chi connectivity index (χ1v) is 9.09. The van der Waals surface area contributed by atoms with Crippen molar-refractivity contribution in [3.63, 3.8) is 0 Å². The molecule has 0 bridgehead atoms. The lowest BCUT2D eigenvalue weighted by Gasteiger charge is -2.29. The molecule has 2 aliphatic heterocycles. The minimum absolute atomic E-state index is 0.121. The van der Waals surface area contributed by atoms with Gasteiger partial charge in [0.15, 0.2) is 5.82 Å². The minimum atomic E-state index is -0.124. The number of morpholine rings is 1. The number of nitrogens with zero attached hydrogens (tertiary/aromatic N) is 6. The van der Waals surface area contributed by atoms with Crippen LogP contribution in [-0.4, -0.2) is 76.2 Å². The lowest BCUT2D eigenvalue weighted by atomic mass is 10.3. The molecule has 0 saturated carbocycles. The van der Waals surface area contributed by atoms with Gasteiger partial charge in [-0.05, 0) is 6.92 Å². The van der Waals surface area contributed by atoms with Gasteiger partial charge in [0.25, 0.3) is 11.8 Å². The molecule has 9 nitrogen and oxygen atoms in total. The molecule has 142 valence electrons. The van der Waals surface area contributed by atoms with Crippen LogP contribution in [0.5, 0.6) is 5.88 Å². The van der Waals surface area contributed by atoms with Crippen molar-refractivity contribution in [3.8, 4) is 5.88 Å². The smallest absolute Gasteiger partial charge is 0.274 e. The fraction of sp³-hybridized carbons (Fsp3) is 0.500. The largest absolute Gasteiger partial charge is 0.470 e. The number of aromatic nitrogens is 4. The molecule has 2 saturated heterocycles. The Morgan fingerprint density at radius 2 is 1.93 bits per heavy atom. The Labute approximate surface area is 157 Å². The first-order chi connectivity index (χ1) is 13.2. The highest BCUT2D eigenvalue weighted by Crippen LogP contribution is 2.26. The lowest BCUT2D eigenvalue weighted by molar-refractivity contribution is 0.0764. The predicted octanol–water partition coefficient (Wildman–Crippen LogP) is 0.705. The van der Waals surface area contributed by atoms with Crippen molar-refractivity contribution in [1.29, 1.82) is 0 Å². The summed E-state index contributed by atoms with van der Waals surface area (Å²) in [5.41, 5.74) is 1.14. The quantitative estimate of drug-likeness (QED) is 0.777. The van der Waals surface area contributed by atoms with Gasteiger partial charge in [0.2, 0.25) is 0 Å². The molecule has 4 rings (SSSR count). The molecule has 0 radical (unpaired) electrons. The van der Waals surface area contributed by atoms with Gasteiger partial charge in [0.05, 0.1) is 31.6 Å². The summed E-state index contributed by atoms with van der Waals surface area (Å²) >= 11 is 0. The van der Waals surface area contributed by atoms with Gasteiger partial charge in [-0.15, -0.1) is 0 Å². The molecule has 1 atom stereocenters. The molecule has 27 heavy (non-hydrogen) atoms. The summed E-state index contributed by atoms with van der Waals surface area (Å²) in [5, 5.41) is 0. The zero-order chi connectivity index (χ0) is 18.6. The number of hydrogen-bond donors (Lipinski definition) is 0. The maximum Gasteiger partial charge on any atom is 0.274 e. The molecule has 0 aromatic carbocycles. The topological polar surface area (TPSA) is 93.6 Å². The maximum absolute atomic E-state index is 12.6. The van der Waals surface area contributed by atoms with Crippen LogP contribution in [0.4, 0.5) is 5.82 Å². The normalized spacial score (nSPS) is 20.0. The van der Waals surface area contributed by atoms with E-state index in [2.05, 4.69) is 24.8 Å². The molecule has 2 fully saturated rings. The molecule has 0 aliphatic carbocycles. The van der Waals surface area contributed by atoms with Gasteiger partial charge < -0.3 is 19.3 Å². The van der Waals surface area contributed by atoms with Crippen molar-refractivity contribution in [1.82, 2.24) is 24.8 Å². The molecule has 1 amide bonds. The molecule has 2 aromatic rings. The summed E-state index contributed by atoms with van der Waals surface area (Å²) in [6, 6.07) is 0. The third-order valence-corrected chi connectivity index (χ3v) is 4.67. The van der Waals surface area contributed by atoms with Crippen molar-refractivity contribution in [2.75, 3.05) is 44.3 Å². The monoisotopic (exact) mass is 370 g/mol. The van der Waals surface area contributed by atoms with E-state index in [4.69, 9.17) is 9.47 Å². The van der Waals surface area contributed by atoms with E-state index in [0.717, 1.165) is 31.0 Å². The fourth-order valence-corrected chi connectivity index (χ4v) is 3.22. The number of likely N-dealkylation sites (tertiary alicyclic amines) is 1. The van der Waals surface area contributed by atoms with Crippen molar-refractivity contribution >= 4 is 11.7 Å². The van der Waals surface area contributed by atoms with Gasteiger partial charge in [-0.25, -0.2) is 15.0 Å². The summed E-state index contributed by atoms with van der Waals surface area (Å²) in [4.78, 5) is 33.6. The van der Waals surface area contributed by atoms with E-state index in [1.165, 1.54) is 6.20 Å². The molecule has 9 heteroatoms. The van der Waals surface area contributed by atoms with Crippen molar-refractivity contribution in [2.24, 2.45) is 0 Å². The second-order valence-electron chi connectivity index (χ2n) is 6.61. The van der Waals surface area contributed by atoms with Gasteiger partial charge in [0, 0.05) is 44.6 Å². The van der Waals surface area contributed by atoms with Crippen LogP contribution < -0.4 is 9.64 Å². The van der Waals surface area contributed by atoms with Crippen LogP contribution in [0.25, 0.3) is 0 Å². The lowest BCUT2D eigenvalue weighted by Crippen LogP contribution is -2.37. The van der Waals surface area contributed by atoms with Gasteiger partial charge in [-0.3, -0.25) is 9.78 Å². The first kappa shape index (κ1) is 17.6. The summed E-state index contributed by atoms with van der Waals surface area (Å²) in [5.74, 6) is 1.12. The SMILES string of the molecule is Cc1cnc(C(=O)N2CCC(Oc3nccnc3N3CCOCC3)C2)cn1. The Balaban J connectivity index is 1.41. The standard InChI is InChI=1S/C18H22N6O3/c1-13-10-22-15(11-21-13)18(25)24-5-2-14(12-24)27-17-16(19-3-4-20-17)23-6-8-26-9-7-23/h3-4,10-11,14H,2,5-9,12H2,1H3. The molecule has 2 aromatic heterocycles. The third kappa shape index (κ3) is 3.97. The highest BCUT2D eigenvalue weighted by molar-refractivity contribution is 5.92.